The number of pyridine rings is 2. The summed E-state index contributed by atoms with van der Waals surface area (Å²) in [6.45, 7) is 2.03. The number of carbonyl (C=O) groups is 1. The summed E-state index contributed by atoms with van der Waals surface area (Å²) >= 11 is 0. The number of aromatic nitrogens is 2. The number of aryl methyl sites for hydroxylation is 1. The number of rotatable bonds is 2. The summed E-state index contributed by atoms with van der Waals surface area (Å²) < 4.78 is 0. The van der Waals surface area contributed by atoms with Gasteiger partial charge in [-0.15, -0.1) is 0 Å². The van der Waals surface area contributed by atoms with Crippen molar-refractivity contribution in [3.8, 4) is 11.3 Å². The lowest BCUT2D eigenvalue weighted by molar-refractivity contribution is 0.254. The SMILES string of the molecule is CNC(=O)Nc1cc2cc(-c3ccccc3C)nc(N)c2cn1. The fraction of sp³-hybridized carbons (Fsp3) is 0.118. The van der Waals surface area contributed by atoms with Crippen LogP contribution < -0.4 is 16.4 Å². The van der Waals surface area contributed by atoms with Crippen molar-refractivity contribution in [2.24, 2.45) is 0 Å². The molecular formula is C17H17N5O. The van der Waals surface area contributed by atoms with Crippen LogP contribution in [0.15, 0.2) is 42.6 Å². The van der Waals surface area contributed by atoms with E-state index in [-0.39, 0.29) is 6.03 Å². The first kappa shape index (κ1) is 14.8. The fourth-order valence-electron chi connectivity index (χ4n) is 2.42. The number of nitrogens with one attached hydrogen (secondary N) is 2. The summed E-state index contributed by atoms with van der Waals surface area (Å²) in [6.07, 6.45) is 1.62. The van der Waals surface area contributed by atoms with Gasteiger partial charge in [-0.25, -0.2) is 14.8 Å². The molecule has 0 bridgehead atoms. The summed E-state index contributed by atoms with van der Waals surface area (Å²) in [5.41, 5.74) is 9.02. The first-order valence-corrected chi connectivity index (χ1v) is 7.19. The molecule has 116 valence electrons. The van der Waals surface area contributed by atoms with Crippen LogP contribution in [0.2, 0.25) is 0 Å². The van der Waals surface area contributed by atoms with Crippen molar-refractivity contribution >= 4 is 28.4 Å². The summed E-state index contributed by atoms with van der Waals surface area (Å²) in [5.74, 6) is 0.873. The van der Waals surface area contributed by atoms with Crippen molar-refractivity contribution in [2.45, 2.75) is 6.92 Å². The van der Waals surface area contributed by atoms with E-state index in [9.17, 15) is 4.79 Å². The zero-order chi connectivity index (χ0) is 16.4. The smallest absolute Gasteiger partial charge is 0.320 e. The van der Waals surface area contributed by atoms with E-state index in [0.717, 1.165) is 27.6 Å². The van der Waals surface area contributed by atoms with Gasteiger partial charge in [0.05, 0.1) is 5.69 Å². The summed E-state index contributed by atoms with van der Waals surface area (Å²) in [5, 5.41) is 6.77. The van der Waals surface area contributed by atoms with Gasteiger partial charge in [-0.05, 0) is 30.0 Å². The van der Waals surface area contributed by atoms with Gasteiger partial charge in [0.25, 0.3) is 0 Å². The van der Waals surface area contributed by atoms with Gasteiger partial charge in [0, 0.05) is 24.2 Å². The average Bonchev–Trinajstić information content (AvgIpc) is 2.54. The Morgan fingerprint density at radius 1 is 1.22 bits per heavy atom. The quantitative estimate of drug-likeness (QED) is 0.678. The van der Waals surface area contributed by atoms with E-state index in [1.807, 2.05) is 37.3 Å². The zero-order valence-corrected chi connectivity index (χ0v) is 12.9. The Labute approximate surface area is 133 Å². The van der Waals surface area contributed by atoms with Crippen LogP contribution in [0.1, 0.15) is 5.56 Å². The molecule has 0 unspecified atom stereocenters. The maximum Gasteiger partial charge on any atom is 0.320 e. The molecule has 3 aromatic rings. The van der Waals surface area contributed by atoms with Crippen LogP contribution in [0, 0.1) is 6.92 Å². The van der Waals surface area contributed by atoms with E-state index in [1.165, 1.54) is 0 Å². The van der Waals surface area contributed by atoms with E-state index >= 15 is 0 Å². The minimum absolute atomic E-state index is 0.321. The molecule has 2 aromatic heterocycles. The van der Waals surface area contributed by atoms with Crippen molar-refractivity contribution in [3.05, 3.63) is 48.2 Å². The van der Waals surface area contributed by atoms with E-state index < -0.39 is 0 Å². The van der Waals surface area contributed by atoms with Crippen LogP contribution >= 0.6 is 0 Å². The third-order valence-electron chi connectivity index (χ3n) is 3.63. The normalized spacial score (nSPS) is 10.5. The molecule has 0 saturated heterocycles. The highest BCUT2D eigenvalue weighted by Crippen LogP contribution is 2.28. The number of nitrogens with two attached hydrogens (primary N) is 1. The number of amides is 2. The van der Waals surface area contributed by atoms with Crippen molar-refractivity contribution in [1.29, 1.82) is 0 Å². The number of nitrogens with zero attached hydrogens (tertiary/aromatic N) is 2. The molecule has 0 saturated carbocycles. The monoisotopic (exact) mass is 307 g/mol. The lowest BCUT2D eigenvalue weighted by atomic mass is 10.0. The molecule has 0 spiro atoms. The maximum absolute atomic E-state index is 11.4. The van der Waals surface area contributed by atoms with Gasteiger partial charge in [-0.3, -0.25) is 5.32 Å². The number of benzene rings is 1. The molecule has 2 amide bonds. The number of anilines is 2. The summed E-state index contributed by atoms with van der Waals surface area (Å²) in [4.78, 5) is 20.1. The molecule has 0 aliphatic rings. The first-order chi connectivity index (χ1) is 11.1. The van der Waals surface area contributed by atoms with Crippen molar-refractivity contribution < 1.29 is 4.79 Å². The van der Waals surface area contributed by atoms with Gasteiger partial charge in [0.15, 0.2) is 0 Å². The Morgan fingerprint density at radius 2 is 2.00 bits per heavy atom. The van der Waals surface area contributed by atoms with E-state index in [4.69, 9.17) is 5.73 Å². The molecule has 1 aromatic carbocycles. The van der Waals surface area contributed by atoms with E-state index in [1.54, 1.807) is 19.3 Å². The van der Waals surface area contributed by atoms with Gasteiger partial charge in [-0.1, -0.05) is 24.3 Å². The molecule has 2 heterocycles. The molecule has 6 heteroatoms. The van der Waals surface area contributed by atoms with Crippen LogP contribution in [0.25, 0.3) is 22.0 Å². The molecule has 0 radical (unpaired) electrons. The molecule has 0 aliphatic heterocycles. The highest BCUT2D eigenvalue weighted by atomic mass is 16.2. The van der Waals surface area contributed by atoms with Crippen molar-refractivity contribution in [3.63, 3.8) is 0 Å². The van der Waals surface area contributed by atoms with E-state index in [0.29, 0.717) is 11.6 Å². The minimum Gasteiger partial charge on any atom is -0.383 e. The van der Waals surface area contributed by atoms with Crippen LogP contribution in [0.3, 0.4) is 0 Å². The Morgan fingerprint density at radius 3 is 2.74 bits per heavy atom. The Hall–Kier alpha value is -3.15. The maximum atomic E-state index is 11.4. The van der Waals surface area contributed by atoms with Crippen LogP contribution in [0.5, 0.6) is 0 Å². The van der Waals surface area contributed by atoms with Gasteiger partial charge < -0.3 is 11.1 Å². The number of nitrogen functional groups attached to an aromatic ring is 1. The Bertz CT molecular complexity index is 891. The predicted molar refractivity (Wildman–Crippen MR) is 92.2 cm³/mol. The number of hydrogen-bond acceptors (Lipinski definition) is 4. The van der Waals surface area contributed by atoms with Gasteiger partial charge in [0.1, 0.15) is 11.6 Å². The van der Waals surface area contributed by atoms with Gasteiger partial charge >= 0.3 is 6.03 Å². The van der Waals surface area contributed by atoms with Crippen molar-refractivity contribution in [1.82, 2.24) is 15.3 Å². The Balaban J connectivity index is 2.12. The molecule has 0 fully saturated rings. The standard InChI is InChI=1S/C17H17N5O/c1-10-5-3-4-6-12(10)14-7-11-8-15(22-17(23)19-2)20-9-13(11)16(18)21-14/h3-9H,1-2H3,(H2,18,21)(H2,19,20,22,23). The molecule has 23 heavy (non-hydrogen) atoms. The predicted octanol–water partition coefficient (Wildman–Crippen LogP) is 2.94. The largest absolute Gasteiger partial charge is 0.383 e. The van der Waals surface area contributed by atoms with Gasteiger partial charge in [0.2, 0.25) is 0 Å². The first-order valence-electron chi connectivity index (χ1n) is 7.19. The van der Waals surface area contributed by atoms with Crippen LogP contribution in [-0.4, -0.2) is 23.0 Å². The lowest BCUT2D eigenvalue weighted by Crippen LogP contribution is -2.24. The second-order valence-electron chi connectivity index (χ2n) is 5.20. The topological polar surface area (TPSA) is 92.9 Å². The van der Waals surface area contributed by atoms with Crippen LogP contribution in [0.4, 0.5) is 16.4 Å². The number of urea groups is 1. The minimum atomic E-state index is -0.321. The highest BCUT2D eigenvalue weighted by Gasteiger charge is 2.09. The van der Waals surface area contributed by atoms with E-state index in [2.05, 4.69) is 20.6 Å². The van der Waals surface area contributed by atoms with Crippen molar-refractivity contribution in [2.75, 3.05) is 18.1 Å². The molecule has 4 N–H and O–H groups in total. The molecule has 3 rings (SSSR count). The molecule has 6 nitrogen and oxygen atoms in total. The molecular weight excluding hydrogens is 290 g/mol. The fourth-order valence-corrected chi connectivity index (χ4v) is 2.42. The summed E-state index contributed by atoms with van der Waals surface area (Å²) in [6, 6.07) is 11.4. The third-order valence-corrected chi connectivity index (χ3v) is 3.63. The molecule has 0 atom stereocenters. The van der Waals surface area contributed by atoms with Crippen LogP contribution in [-0.2, 0) is 0 Å². The second-order valence-corrected chi connectivity index (χ2v) is 5.20. The Kier molecular flexibility index (Phi) is 3.80. The number of hydrogen-bond donors (Lipinski definition) is 3. The highest BCUT2D eigenvalue weighted by molar-refractivity contribution is 5.96. The lowest BCUT2D eigenvalue weighted by Gasteiger charge is -2.10. The molecule has 0 aliphatic carbocycles. The second kappa shape index (κ2) is 5.92. The summed E-state index contributed by atoms with van der Waals surface area (Å²) in [7, 11) is 1.55. The zero-order valence-electron chi connectivity index (χ0n) is 12.9. The van der Waals surface area contributed by atoms with Gasteiger partial charge in [-0.2, -0.15) is 0 Å². The third kappa shape index (κ3) is 2.91. The number of fused-ring (bicyclic) bond motifs is 1. The number of carbonyl (C=O) groups excluding carboxylic acids is 1. The average molecular weight is 307 g/mol.